The van der Waals surface area contributed by atoms with Crippen LogP contribution >= 0.6 is 0 Å². The number of rotatable bonds is 6. The molecular formula is C12H17F3N4O. The molecule has 0 saturated heterocycles. The number of nitrogens with zero attached hydrogens (tertiary/aromatic N) is 2. The molecule has 0 aromatic carbocycles. The maximum Gasteiger partial charge on any atom is 0.435 e. The van der Waals surface area contributed by atoms with Crippen LogP contribution in [0.4, 0.5) is 13.2 Å². The van der Waals surface area contributed by atoms with E-state index in [1.54, 1.807) is 0 Å². The normalized spacial score (nSPS) is 15.4. The number of carbonyl (C=O) groups is 1. The smallest absolute Gasteiger partial charge is 0.354 e. The van der Waals surface area contributed by atoms with Crippen molar-refractivity contribution >= 4 is 5.91 Å². The molecule has 1 fully saturated rings. The Morgan fingerprint density at radius 1 is 1.50 bits per heavy atom. The maximum absolute atomic E-state index is 12.7. The summed E-state index contributed by atoms with van der Waals surface area (Å²) in [5.74, 6) is -0.257. The van der Waals surface area contributed by atoms with Crippen LogP contribution in [0.1, 0.15) is 36.6 Å². The molecule has 3 N–H and O–H groups in total. The van der Waals surface area contributed by atoms with Crippen molar-refractivity contribution in [2.45, 2.75) is 37.9 Å². The van der Waals surface area contributed by atoms with Crippen LogP contribution < -0.4 is 11.1 Å². The van der Waals surface area contributed by atoms with E-state index in [9.17, 15) is 18.0 Å². The van der Waals surface area contributed by atoms with Gasteiger partial charge in [0.15, 0.2) is 5.69 Å². The van der Waals surface area contributed by atoms with Gasteiger partial charge in [0.25, 0.3) is 0 Å². The maximum atomic E-state index is 12.7. The quantitative estimate of drug-likeness (QED) is 0.774. The number of hydrogen-bond donors (Lipinski definition) is 2. The van der Waals surface area contributed by atoms with Crippen LogP contribution in [-0.2, 0) is 17.5 Å². The van der Waals surface area contributed by atoms with Gasteiger partial charge in [-0.2, -0.15) is 18.3 Å². The zero-order chi connectivity index (χ0) is 14.8. The first-order chi connectivity index (χ1) is 9.41. The fraction of sp³-hybridized carbons (Fsp3) is 0.667. The molecule has 1 aromatic rings. The lowest BCUT2D eigenvalue weighted by atomic mass is 10.2. The van der Waals surface area contributed by atoms with Gasteiger partial charge in [-0.1, -0.05) is 0 Å². The van der Waals surface area contributed by atoms with E-state index in [0.29, 0.717) is 25.2 Å². The largest absolute Gasteiger partial charge is 0.435 e. The third kappa shape index (κ3) is 3.72. The van der Waals surface area contributed by atoms with Gasteiger partial charge in [0.05, 0.1) is 0 Å². The van der Waals surface area contributed by atoms with Gasteiger partial charge in [-0.25, -0.2) is 0 Å². The van der Waals surface area contributed by atoms with Gasteiger partial charge in [0.2, 0.25) is 5.91 Å². The summed E-state index contributed by atoms with van der Waals surface area (Å²) in [4.78, 5) is 11.6. The van der Waals surface area contributed by atoms with Crippen LogP contribution in [0.15, 0.2) is 6.07 Å². The molecule has 20 heavy (non-hydrogen) atoms. The minimum atomic E-state index is -4.48. The van der Waals surface area contributed by atoms with E-state index in [-0.39, 0.29) is 18.4 Å². The van der Waals surface area contributed by atoms with Crippen LogP contribution in [0.2, 0.25) is 0 Å². The number of alkyl halides is 3. The van der Waals surface area contributed by atoms with E-state index in [1.165, 1.54) is 0 Å². The highest BCUT2D eigenvalue weighted by Gasteiger charge is 2.37. The van der Waals surface area contributed by atoms with E-state index < -0.39 is 11.9 Å². The van der Waals surface area contributed by atoms with E-state index in [4.69, 9.17) is 5.73 Å². The average molecular weight is 290 g/mol. The molecule has 0 aliphatic heterocycles. The first-order valence-corrected chi connectivity index (χ1v) is 6.53. The summed E-state index contributed by atoms with van der Waals surface area (Å²) < 4.78 is 39.1. The number of halogens is 3. The predicted molar refractivity (Wildman–Crippen MR) is 65.9 cm³/mol. The summed E-state index contributed by atoms with van der Waals surface area (Å²) in [7, 11) is 0. The predicted octanol–water partition coefficient (Wildman–Crippen LogP) is 1.24. The van der Waals surface area contributed by atoms with Crippen molar-refractivity contribution in [1.82, 2.24) is 15.1 Å². The summed E-state index contributed by atoms with van der Waals surface area (Å²) in [5, 5.41) is 6.12. The molecule has 1 saturated carbocycles. The van der Waals surface area contributed by atoms with Crippen LogP contribution in [-0.4, -0.2) is 28.8 Å². The van der Waals surface area contributed by atoms with Crippen molar-refractivity contribution < 1.29 is 18.0 Å². The minimum absolute atomic E-state index is 0.0930. The standard InChI is InChI=1S/C12H17F3N4O/c13-12(14,15)10-6-9(8-2-3-8)19(18-10)7-11(20)17-5-1-4-16/h6,8H,1-5,7,16H2,(H,17,20). The molecule has 1 aliphatic carbocycles. The molecule has 112 valence electrons. The number of hydrogen-bond acceptors (Lipinski definition) is 3. The number of carbonyl (C=O) groups excluding carboxylic acids is 1. The third-order valence-electron chi connectivity index (χ3n) is 3.09. The molecule has 1 aliphatic rings. The average Bonchev–Trinajstić information content (AvgIpc) is 3.10. The Kier molecular flexibility index (Phi) is 4.32. The Morgan fingerprint density at radius 3 is 2.75 bits per heavy atom. The van der Waals surface area contributed by atoms with Crippen LogP contribution in [0.25, 0.3) is 0 Å². The fourth-order valence-electron chi connectivity index (χ4n) is 1.93. The van der Waals surface area contributed by atoms with Crippen molar-refractivity contribution in [3.05, 3.63) is 17.5 Å². The van der Waals surface area contributed by atoms with Gasteiger partial charge < -0.3 is 11.1 Å². The fourth-order valence-corrected chi connectivity index (χ4v) is 1.93. The summed E-state index contributed by atoms with van der Waals surface area (Å²) >= 11 is 0. The molecule has 0 bridgehead atoms. The molecule has 1 heterocycles. The summed E-state index contributed by atoms with van der Waals surface area (Å²) in [6.45, 7) is 0.682. The summed E-state index contributed by atoms with van der Waals surface area (Å²) in [5.41, 5.74) is 4.85. The van der Waals surface area contributed by atoms with Gasteiger partial charge in [-0.15, -0.1) is 0 Å². The van der Waals surface area contributed by atoms with Crippen molar-refractivity contribution in [3.63, 3.8) is 0 Å². The van der Waals surface area contributed by atoms with E-state index in [1.807, 2.05) is 0 Å². The monoisotopic (exact) mass is 290 g/mol. The Morgan fingerprint density at radius 2 is 2.20 bits per heavy atom. The van der Waals surface area contributed by atoms with Gasteiger partial charge in [0, 0.05) is 18.2 Å². The topological polar surface area (TPSA) is 72.9 Å². The molecule has 1 aromatic heterocycles. The van der Waals surface area contributed by atoms with Crippen molar-refractivity contribution in [3.8, 4) is 0 Å². The second-order valence-corrected chi connectivity index (χ2v) is 4.88. The summed E-state index contributed by atoms with van der Waals surface area (Å²) in [6, 6.07) is 1.05. The van der Waals surface area contributed by atoms with E-state index in [2.05, 4.69) is 10.4 Å². The van der Waals surface area contributed by atoms with Gasteiger partial charge in [0.1, 0.15) is 6.54 Å². The highest BCUT2D eigenvalue weighted by Crippen LogP contribution is 2.42. The lowest BCUT2D eigenvalue weighted by Gasteiger charge is -2.07. The third-order valence-corrected chi connectivity index (χ3v) is 3.09. The Bertz CT molecular complexity index is 480. The molecule has 5 nitrogen and oxygen atoms in total. The second kappa shape index (κ2) is 5.82. The van der Waals surface area contributed by atoms with E-state index in [0.717, 1.165) is 23.6 Å². The Balaban J connectivity index is 2.06. The number of aromatic nitrogens is 2. The van der Waals surface area contributed by atoms with Gasteiger partial charge in [-0.3, -0.25) is 9.48 Å². The molecule has 0 atom stereocenters. The van der Waals surface area contributed by atoms with Crippen LogP contribution in [0.5, 0.6) is 0 Å². The number of nitrogens with one attached hydrogen (secondary N) is 1. The first kappa shape index (κ1) is 14.8. The first-order valence-electron chi connectivity index (χ1n) is 6.53. The molecular weight excluding hydrogens is 273 g/mol. The SMILES string of the molecule is NCCCNC(=O)Cn1nc(C(F)(F)F)cc1C1CC1. The molecule has 0 unspecified atom stereocenters. The highest BCUT2D eigenvalue weighted by molar-refractivity contribution is 5.75. The summed E-state index contributed by atoms with van der Waals surface area (Å²) in [6.07, 6.45) is -2.16. The molecule has 2 rings (SSSR count). The van der Waals surface area contributed by atoms with Crippen LogP contribution in [0.3, 0.4) is 0 Å². The Hall–Kier alpha value is -1.57. The van der Waals surface area contributed by atoms with Crippen molar-refractivity contribution in [2.24, 2.45) is 5.73 Å². The molecule has 0 radical (unpaired) electrons. The number of nitrogens with two attached hydrogens (primary N) is 1. The number of amides is 1. The molecule has 8 heteroatoms. The van der Waals surface area contributed by atoms with Crippen molar-refractivity contribution in [1.29, 1.82) is 0 Å². The second-order valence-electron chi connectivity index (χ2n) is 4.88. The Labute approximate surface area is 114 Å². The zero-order valence-electron chi connectivity index (χ0n) is 10.9. The van der Waals surface area contributed by atoms with Crippen LogP contribution in [0, 0.1) is 0 Å². The molecule has 1 amide bonds. The molecule has 0 spiro atoms. The highest BCUT2D eigenvalue weighted by atomic mass is 19.4. The minimum Gasteiger partial charge on any atom is -0.354 e. The van der Waals surface area contributed by atoms with E-state index >= 15 is 0 Å². The van der Waals surface area contributed by atoms with Gasteiger partial charge in [-0.05, 0) is 31.9 Å². The zero-order valence-corrected chi connectivity index (χ0v) is 10.9. The lowest BCUT2D eigenvalue weighted by Crippen LogP contribution is -2.30. The lowest BCUT2D eigenvalue weighted by molar-refractivity contribution is -0.141. The van der Waals surface area contributed by atoms with Gasteiger partial charge >= 0.3 is 6.18 Å². The van der Waals surface area contributed by atoms with Crippen molar-refractivity contribution in [2.75, 3.05) is 13.1 Å².